The van der Waals surface area contributed by atoms with E-state index in [4.69, 9.17) is 5.73 Å². The van der Waals surface area contributed by atoms with Crippen LogP contribution in [0.3, 0.4) is 0 Å². The molecule has 0 radical (unpaired) electrons. The van der Waals surface area contributed by atoms with Crippen LogP contribution in [0, 0.1) is 11.8 Å². The number of anilines is 2. The highest BCUT2D eigenvalue weighted by Crippen LogP contribution is 2.30. The molecule has 1 fully saturated rings. The number of nitrogens with one attached hydrogen (secondary N) is 1. The molecule has 1 aliphatic rings. The number of thiazole rings is 1. The molecule has 1 aliphatic carbocycles. The third kappa shape index (κ3) is 4.33. The van der Waals surface area contributed by atoms with Crippen LogP contribution >= 0.6 is 11.3 Å². The maximum Gasteiger partial charge on any atom is 0.265 e. The molecule has 2 rings (SSSR count). The predicted molar refractivity (Wildman–Crippen MR) is 88.9 cm³/mol. The van der Waals surface area contributed by atoms with Gasteiger partial charge in [0, 0.05) is 20.6 Å². The van der Waals surface area contributed by atoms with Gasteiger partial charge in [0.1, 0.15) is 10.7 Å². The number of aromatic nitrogens is 1. The van der Waals surface area contributed by atoms with E-state index in [1.54, 1.807) is 0 Å². The van der Waals surface area contributed by atoms with Crippen LogP contribution in [0.2, 0.25) is 0 Å². The Bertz CT molecular complexity index is 486. The summed E-state index contributed by atoms with van der Waals surface area (Å²) in [5, 5.41) is 3.75. The second kappa shape index (κ2) is 7.11. The summed E-state index contributed by atoms with van der Waals surface area (Å²) >= 11 is 1.34. The summed E-state index contributed by atoms with van der Waals surface area (Å²) in [6.45, 7) is 3.05. The highest BCUT2D eigenvalue weighted by atomic mass is 32.1. The van der Waals surface area contributed by atoms with E-state index in [1.807, 2.05) is 19.0 Å². The van der Waals surface area contributed by atoms with E-state index >= 15 is 0 Å². The molecule has 1 aromatic heterocycles. The van der Waals surface area contributed by atoms with Crippen LogP contribution in [0.4, 0.5) is 10.9 Å². The first-order valence-electron chi connectivity index (χ1n) is 7.69. The van der Waals surface area contributed by atoms with Gasteiger partial charge < -0.3 is 16.0 Å². The van der Waals surface area contributed by atoms with Crippen molar-refractivity contribution < 1.29 is 4.79 Å². The fourth-order valence-corrected chi connectivity index (χ4v) is 3.79. The van der Waals surface area contributed by atoms with Gasteiger partial charge >= 0.3 is 0 Å². The van der Waals surface area contributed by atoms with Gasteiger partial charge in [-0.3, -0.25) is 4.79 Å². The van der Waals surface area contributed by atoms with Crippen LogP contribution in [-0.4, -0.2) is 31.5 Å². The topological polar surface area (TPSA) is 71.2 Å². The lowest BCUT2D eigenvalue weighted by molar-refractivity contribution is 0.0954. The monoisotopic (exact) mass is 310 g/mol. The lowest BCUT2D eigenvalue weighted by Crippen LogP contribution is -2.27. The second-order valence-electron chi connectivity index (χ2n) is 6.29. The number of carbonyl (C=O) groups is 1. The Balaban J connectivity index is 1.81. The summed E-state index contributed by atoms with van der Waals surface area (Å²) in [6, 6.07) is 0. The summed E-state index contributed by atoms with van der Waals surface area (Å²) in [6.07, 6.45) is 6.34. The molecule has 1 aromatic rings. The second-order valence-corrected chi connectivity index (χ2v) is 7.27. The molecular formula is C15H26N4OS. The van der Waals surface area contributed by atoms with Gasteiger partial charge in [-0.15, -0.1) is 0 Å². The molecule has 1 heterocycles. The molecule has 5 nitrogen and oxygen atoms in total. The van der Waals surface area contributed by atoms with Crippen molar-refractivity contribution in [1.82, 2.24) is 10.3 Å². The number of hydrogen-bond acceptors (Lipinski definition) is 5. The van der Waals surface area contributed by atoms with Crippen LogP contribution in [0.1, 0.15) is 48.7 Å². The van der Waals surface area contributed by atoms with E-state index in [0.29, 0.717) is 10.7 Å². The summed E-state index contributed by atoms with van der Waals surface area (Å²) in [5.41, 5.74) is 5.82. The number of rotatable bonds is 5. The van der Waals surface area contributed by atoms with Crippen LogP contribution < -0.4 is 16.0 Å². The first-order valence-corrected chi connectivity index (χ1v) is 8.50. The molecule has 0 aromatic carbocycles. The molecule has 118 valence electrons. The largest absolute Gasteiger partial charge is 0.382 e. The zero-order chi connectivity index (χ0) is 15.4. The van der Waals surface area contributed by atoms with Crippen molar-refractivity contribution in [3.63, 3.8) is 0 Å². The molecule has 2 atom stereocenters. The van der Waals surface area contributed by atoms with Gasteiger partial charge in [0.2, 0.25) is 0 Å². The molecule has 1 saturated carbocycles. The third-order valence-corrected chi connectivity index (χ3v) is 5.35. The summed E-state index contributed by atoms with van der Waals surface area (Å²) in [4.78, 5) is 18.8. The molecule has 1 amide bonds. The molecule has 21 heavy (non-hydrogen) atoms. The van der Waals surface area contributed by atoms with Crippen LogP contribution in [-0.2, 0) is 0 Å². The van der Waals surface area contributed by atoms with Gasteiger partial charge in [0.05, 0.1) is 0 Å². The SMILES string of the molecule is CC1CCCC(CCNC(=O)c2sc(N(C)C)nc2N)C1. The number of nitrogens with two attached hydrogens (primary N) is 1. The van der Waals surface area contributed by atoms with Crippen molar-refractivity contribution in [3.8, 4) is 0 Å². The molecular weight excluding hydrogens is 284 g/mol. The zero-order valence-corrected chi connectivity index (χ0v) is 14.0. The Kier molecular flexibility index (Phi) is 5.45. The van der Waals surface area contributed by atoms with Crippen molar-refractivity contribution in [2.24, 2.45) is 11.8 Å². The van der Waals surface area contributed by atoms with Crippen molar-refractivity contribution in [1.29, 1.82) is 0 Å². The first kappa shape index (κ1) is 16.1. The number of nitrogens with zero attached hydrogens (tertiary/aromatic N) is 2. The summed E-state index contributed by atoms with van der Waals surface area (Å²) < 4.78 is 0. The minimum atomic E-state index is -0.0954. The Morgan fingerprint density at radius 2 is 2.24 bits per heavy atom. The molecule has 3 N–H and O–H groups in total. The van der Waals surface area contributed by atoms with E-state index in [-0.39, 0.29) is 5.91 Å². The minimum absolute atomic E-state index is 0.0954. The maximum absolute atomic E-state index is 12.2. The van der Waals surface area contributed by atoms with Crippen LogP contribution in [0.5, 0.6) is 0 Å². The van der Waals surface area contributed by atoms with E-state index in [2.05, 4.69) is 17.2 Å². The Hall–Kier alpha value is -1.30. The first-order chi connectivity index (χ1) is 9.97. The van der Waals surface area contributed by atoms with Crippen LogP contribution in [0.15, 0.2) is 0 Å². The number of carbonyl (C=O) groups excluding carboxylic acids is 1. The Morgan fingerprint density at radius 1 is 1.48 bits per heavy atom. The number of hydrogen-bond donors (Lipinski definition) is 2. The number of amides is 1. The predicted octanol–water partition coefficient (Wildman–Crippen LogP) is 2.74. The Labute approximate surface area is 130 Å². The Morgan fingerprint density at radius 3 is 2.86 bits per heavy atom. The van der Waals surface area contributed by atoms with E-state index in [9.17, 15) is 4.79 Å². The fourth-order valence-electron chi connectivity index (χ4n) is 2.97. The highest BCUT2D eigenvalue weighted by molar-refractivity contribution is 7.18. The van der Waals surface area contributed by atoms with E-state index in [1.165, 1.54) is 37.0 Å². The van der Waals surface area contributed by atoms with Gasteiger partial charge in [0.25, 0.3) is 5.91 Å². The molecule has 0 spiro atoms. The van der Waals surface area contributed by atoms with Crippen molar-refractivity contribution >= 4 is 28.2 Å². The highest BCUT2D eigenvalue weighted by Gasteiger charge is 2.20. The van der Waals surface area contributed by atoms with Gasteiger partial charge in [-0.05, 0) is 24.7 Å². The maximum atomic E-state index is 12.2. The summed E-state index contributed by atoms with van der Waals surface area (Å²) in [5.74, 6) is 1.82. The zero-order valence-electron chi connectivity index (χ0n) is 13.2. The van der Waals surface area contributed by atoms with Gasteiger partial charge in [-0.2, -0.15) is 0 Å². The average Bonchev–Trinajstić information content (AvgIpc) is 2.81. The minimum Gasteiger partial charge on any atom is -0.382 e. The standard InChI is InChI=1S/C15H26N4OS/c1-10-5-4-6-11(9-10)7-8-17-14(20)12-13(16)18-15(21-12)19(2)3/h10-11H,4-9,16H2,1-3H3,(H,17,20). The average molecular weight is 310 g/mol. The quantitative estimate of drug-likeness (QED) is 0.877. The van der Waals surface area contributed by atoms with Gasteiger partial charge in [-0.25, -0.2) is 4.98 Å². The van der Waals surface area contributed by atoms with Crippen LogP contribution in [0.25, 0.3) is 0 Å². The van der Waals surface area contributed by atoms with Crippen molar-refractivity contribution in [2.75, 3.05) is 31.3 Å². The smallest absolute Gasteiger partial charge is 0.265 e. The lowest BCUT2D eigenvalue weighted by Gasteiger charge is -2.26. The van der Waals surface area contributed by atoms with Gasteiger partial charge in [-0.1, -0.05) is 37.5 Å². The number of nitrogen functional groups attached to an aromatic ring is 1. The summed E-state index contributed by atoms with van der Waals surface area (Å²) in [7, 11) is 3.79. The molecule has 0 saturated heterocycles. The van der Waals surface area contributed by atoms with E-state index in [0.717, 1.165) is 29.9 Å². The van der Waals surface area contributed by atoms with Gasteiger partial charge in [0.15, 0.2) is 5.13 Å². The lowest BCUT2D eigenvalue weighted by atomic mass is 9.81. The normalized spacial score (nSPS) is 22.0. The molecule has 6 heteroatoms. The molecule has 0 aliphatic heterocycles. The van der Waals surface area contributed by atoms with Crippen molar-refractivity contribution in [2.45, 2.75) is 39.0 Å². The fraction of sp³-hybridized carbons (Fsp3) is 0.733. The molecule has 0 bridgehead atoms. The third-order valence-electron chi connectivity index (χ3n) is 4.11. The van der Waals surface area contributed by atoms with E-state index < -0.39 is 0 Å². The molecule has 2 unspecified atom stereocenters. The van der Waals surface area contributed by atoms with Crippen molar-refractivity contribution in [3.05, 3.63) is 4.88 Å².